The van der Waals surface area contributed by atoms with Crippen molar-refractivity contribution in [1.29, 1.82) is 5.41 Å². The van der Waals surface area contributed by atoms with Crippen molar-refractivity contribution >= 4 is 23.3 Å². The number of amides is 2. The normalized spacial score (nSPS) is 14.0. The van der Waals surface area contributed by atoms with Crippen molar-refractivity contribution in [2.45, 2.75) is 25.4 Å². The second kappa shape index (κ2) is 10.4. The van der Waals surface area contributed by atoms with Gasteiger partial charge < -0.3 is 20.3 Å². The summed E-state index contributed by atoms with van der Waals surface area (Å²) >= 11 is 0. The number of ether oxygens (including phenoxy) is 1. The Balaban J connectivity index is 1.72. The van der Waals surface area contributed by atoms with Crippen molar-refractivity contribution in [3.63, 3.8) is 0 Å². The van der Waals surface area contributed by atoms with E-state index in [9.17, 15) is 22.8 Å². The number of rotatable bonds is 7. The highest BCUT2D eigenvalue weighted by Crippen LogP contribution is 2.25. The van der Waals surface area contributed by atoms with E-state index in [1.54, 1.807) is 23.1 Å². The summed E-state index contributed by atoms with van der Waals surface area (Å²) in [5.74, 6) is -2.07. The lowest BCUT2D eigenvalue weighted by Gasteiger charge is -2.27. The largest absolute Gasteiger partial charge is 0.492 e. The smallest absolute Gasteiger partial charge is 0.471 e. The predicted molar refractivity (Wildman–Crippen MR) is 118 cm³/mol. The fraction of sp³-hybridized carbons (Fsp3) is 0.348. The third-order valence-corrected chi connectivity index (χ3v) is 5.29. The standard InChI is InChI=1S/C23H25F3N4O3/c24-23(25,26)22(32)30(13-14-33-19-6-4-5-17(15-19)20(27)28)18-9-7-16(8-10-18)21(31)29-11-2-1-3-12-29/h4-10,15H,1-3,11-14H2,(H3,27,28). The molecule has 0 radical (unpaired) electrons. The van der Waals surface area contributed by atoms with Gasteiger partial charge in [0.2, 0.25) is 0 Å². The van der Waals surface area contributed by atoms with Crippen LogP contribution in [0, 0.1) is 5.41 Å². The van der Waals surface area contributed by atoms with E-state index in [1.807, 2.05) is 0 Å². The molecular formula is C23H25F3N4O3. The average molecular weight is 462 g/mol. The number of nitrogens with zero attached hydrogens (tertiary/aromatic N) is 2. The molecular weight excluding hydrogens is 437 g/mol. The van der Waals surface area contributed by atoms with Crippen LogP contribution >= 0.6 is 0 Å². The first-order valence-electron chi connectivity index (χ1n) is 10.5. The molecule has 7 nitrogen and oxygen atoms in total. The summed E-state index contributed by atoms with van der Waals surface area (Å²) in [6.45, 7) is 0.711. The maximum atomic E-state index is 13.2. The molecule has 0 atom stereocenters. The molecule has 2 aromatic carbocycles. The van der Waals surface area contributed by atoms with Crippen LogP contribution in [-0.4, -0.2) is 55.0 Å². The van der Waals surface area contributed by atoms with Gasteiger partial charge in [0.25, 0.3) is 5.91 Å². The predicted octanol–water partition coefficient (Wildman–Crippen LogP) is 3.57. The van der Waals surface area contributed by atoms with Gasteiger partial charge in [0.1, 0.15) is 18.2 Å². The number of nitrogen functional groups attached to an aromatic ring is 1. The molecule has 0 saturated carbocycles. The Morgan fingerprint density at radius 3 is 2.30 bits per heavy atom. The van der Waals surface area contributed by atoms with Crippen LogP contribution in [0.4, 0.5) is 18.9 Å². The second-order valence-electron chi connectivity index (χ2n) is 7.64. The summed E-state index contributed by atoms with van der Waals surface area (Å²) < 4.78 is 45.1. The Hall–Kier alpha value is -3.56. The number of likely N-dealkylation sites (tertiary alicyclic amines) is 1. The van der Waals surface area contributed by atoms with Crippen molar-refractivity contribution in [2.24, 2.45) is 5.73 Å². The molecule has 33 heavy (non-hydrogen) atoms. The summed E-state index contributed by atoms with van der Waals surface area (Å²) in [7, 11) is 0. The van der Waals surface area contributed by atoms with Gasteiger partial charge in [0, 0.05) is 29.9 Å². The Kier molecular flexibility index (Phi) is 7.57. The maximum absolute atomic E-state index is 13.2. The molecule has 0 unspecified atom stereocenters. The van der Waals surface area contributed by atoms with E-state index in [-0.39, 0.29) is 30.6 Å². The zero-order valence-electron chi connectivity index (χ0n) is 17.9. The van der Waals surface area contributed by atoms with E-state index in [1.165, 1.54) is 30.3 Å². The number of carbonyl (C=O) groups is 2. The highest BCUT2D eigenvalue weighted by Gasteiger charge is 2.43. The summed E-state index contributed by atoms with van der Waals surface area (Å²) in [6, 6.07) is 11.8. The lowest BCUT2D eigenvalue weighted by atomic mass is 10.1. The molecule has 176 valence electrons. The van der Waals surface area contributed by atoms with Crippen molar-refractivity contribution in [2.75, 3.05) is 31.1 Å². The topological polar surface area (TPSA) is 99.7 Å². The SMILES string of the molecule is N=C(N)c1cccc(OCCN(C(=O)C(F)(F)F)c2ccc(C(=O)N3CCCCC3)cc2)c1. The van der Waals surface area contributed by atoms with Gasteiger partial charge in [-0.15, -0.1) is 0 Å². The zero-order chi connectivity index (χ0) is 24.0. The van der Waals surface area contributed by atoms with Crippen LogP contribution in [0.5, 0.6) is 5.75 Å². The van der Waals surface area contributed by atoms with Crippen LogP contribution in [0.1, 0.15) is 35.2 Å². The average Bonchev–Trinajstić information content (AvgIpc) is 2.81. The molecule has 10 heteroatoms. The summed E-state index contributed by atoms with van der Waals surface area (Å²) in [6.07, 6.45) is -2.16. The minimum absolute atomic E-state index is 0.00797. The minimum Gasteiger partial charge on any atom is -0.492 e. The third kappa shape index (κ3) is 6.24. The maximum Gasteiger partial charge on any atom is 0.471 e. The first kappa shape index (κ1) is 24.1. The molecule has 0 aromatic heterocycles. The van der Waals surface area contributed by atoms with Crippen molar-refractivity contribution in [3.8, 4) is 5.75 Å². The molecule has 3 N–H and O–H groups in total. The van der Waals surface area contributed by atoms with E-state index >= 15 is 0 Å². The van der Waals surface area contributed by atoms with E-state index in [0.29, 0.717) is 34.9 Å². The highest BCUT2D eigenvalue weighted by atomic mass is 19.4. The molecule has 2 aromatic rings. The van der Waals surface area contributed by atoms with E-state index in [0.717, 1.165) is 19.3 Å². The molecule has 1 saturated heterocycles. The number of nitrogens with one attached hydrogen (secondary N) is 1. The fourth-order valence-electron chi connectivity index (χ4n) is 3.57. The van der Waals surface area contributed by atoms with Crippen LogP contribution in [-0.2, 0) is 4.79 Å². The van der Waals surface area contributed by atoms with Gasteiger partial charge in [-0.2, -0.15) is 13.2 Å². The van der Waals surface area contributed by atoms with Crippen molar-refractivity contribution in [1.82, 2.24) is 4.90 Å². The number of piperidine rings is 1. The molecule has 0 aliphatic carbocycles. The number of alkyl halides is 3. The summed E-state index contributed by atoms with van der Waals surface area (Å²) in [5.41, 5.74) is 6.20. The van der Waals surface area contributed by atoms with Gasteiger partial charge in [-0.3, -0.25) is 15.0 Å². The number of benzene rings is 2. The first-order valence-corrected chi connectivity index (χ1v) is 10.5. The number of hydrogen-bond acceptors (Lipinski definition) is 4. The van der Waals surface area contributed by atoms with E-state index < -0.39 is 12.1 Å². The molecule has 1 aliphatic heterocycles. The van der Waals surface area contributed by atoms with Gasteiger partial charge in [-0.25, -0.2) is 0 Å². The molecule has 1 fully saturated rings. The highest BCUT2D eigenvalue weighted by molar-refractivity contribution is 5.99. The zero-order valence-corrected chi connectivity index (χ0v) is 17.9. The Morgan fingerprint density at radius 2 is 1.70 bits per heavy atom. The van der Waals surface area contributed by atoms with Crippen LogP contribution < -0.4 is 15.4 Å². The molecule has 2 amide bonds. The Morgan fingerprint density at radius 1 is 1.03 bits per heavy atom. The Labute approximate surface area is 189 Å². The molecule has 1 aliphatic rings. The summed E-state index contributed by atoms with van der Waals surface area (Å²) in [4.78, 5) is 26.9. The van der Waals surface area contributed by atoms with Crippen LogP contribution in [0.15, 0.2) is 48.5 Å². The van der Waals surface area contributed by atoms with Gasteiger partial charge in [0.15, 0.2) is 0 Å². The third-order valence-electron chi connectivity index (χ3n) is 5.29. The molecule has 0 spiro atoms. The van der Waals surface area contributed by atoms with Gasteiger partial charge in [0.05, 0.1) is 6.54 Å². The number of anilines is 1. The quantitative estimate of drug-likeness (QED) is 0.485. The number of carbonyl (C=O) groups excluding carboxylic acids is 2. The first-order chi connectivity index (χ1) is 15.7. The van der Waals surface area contributed by atoms with E-state index in [4.69, 9.17) is 15.9 Å². The molecule has 0 bridgehead atoms. The number of hydrogen-bond donors (Lipinski definition) is 2. The number of amidine groups is 1. The monoisotopic (exact) mass is 462 g/mol. The Bertz CT molecular complexity index is 1000. The van der Waals surface area contributed by atoms with Crippen LogP contribution in [0.3, 0.4) is 0 Å². The number of halogens is 3. The van der Waals surface area contributed by atoms with Crippen LogP contribution in [0.2, 0.25) is 0 Å². The van der Waals surface area contributed by atoms with Crippen molar-refractivity contribution < 1.29 is 27.5 Å². The fourth-order valence-corrected chi connectivity index (χ4v) is 3.57. The second-order valence-corrected chi connectivity index (χ2v) is 7.64. The van der Waals surface area contributed by atoms with Gasteiger partial charge in [-0.05, 0) is 55.7 Å². The van der Waals surface area contributed by atoms with Gasteiger partial charge >= 0.3 is 12.1 Å². The van der Waals surface area contributed by atoms with Crippen LogP contribution in [0.25, 0.3) is 0 Å². The lowest BCUT2D eigenvalue weighted by Crippen LogP contribution is -2.43. The minimum atomic E-state index is -5.07. The lowest BCUT2D eigenvalue weighted by molar-refractivity contribution is -0.170. The molecule has 3 rings (SSSR count). The molecule has 1 heterocycles. The summed E-state index contributed by atoms with van der Waals surface area (Å²) in [5, 5.41) is 7.44. The van der Waals surface area contributed by atoms with Gasteiger partial charge in [-0.1, -0.05) is 12.1 Å². The van der Waals surface area contributed by atoms with E-state index in [2.05, 4.69) is 0 Å². The number of nitrogens with two attached hydrogens (primary N) is 1. The van der Waals surface area contributed by atoms with Crippen molar-refractivity contribution in [3.05, 3.63) is 59.7 Å².